The van der Waals surface area contributed by atoms with Gasteiger partial charge in [-0.15, -0.1) is 0 Å². The van der Waals surface area contributed by atoms with Crippen LogP contribution >= 0.6 is 0 Å². The van der Waals surface area contributed by atoms with Crippen LogP contribution < -0.4 is 15.8 Å². The van der Waals surface area contributed by atoms with E-state index in [4.69, 9.17) is 15.6 Å². The van der Waals surface area contributed by atoms with Crippen molar-refractivity contribution in [2.45, 2.75) is 30.1 Å². The molecule has 0 saturated carbocycles. The van der Waals surface area contributed by atoms with E-state index < -0.39 is 21.9 Å². The second kappa shape index (κ2) is 8.25. The van der Waals surface area contributed by atoms with Gasteiger partial charge < -0.3 is 10.5 Å². The molecule has 0 aromatic heterocycles. The van der Waals surface area contributed by atoms with Crippen LogP contribution in [0.15, 0.2) is 82.2 Å². The van der Waals surface area contributed by atoms with Crippen molar-refractivity contribution in [2.75, 3.05) is 12.0 Å². The van der Waals surface area contributed by atoms with Crippen LogP contribution in [0, 0.1) is 0 Å². The molecule has 32 heavy (non-hydrogen) atoms. The van der Waals surface area contributed by atoms with Crippen molar-refractivity contribution in [3.63, 3.8) is 0 Å². The molecular weight excluding hydrogens is 430 g/mol. The molecule has 0 fully saturated rings. The number of nitrogens with two attached hydrogens (primary N) is 2. The Morgan fingerprint density at radius 1 is 1.06 bits per heavy atom. The summed E-state index contributed by atoms with van der Waals surface area (Å²) in [5.41, 5.74) is 9.21. The smallest absolute Gasteiger partial charge is 0.338 e. The van der Waals surface area contributed by atoms with Crippen molar-refractivity contribution < 1.29 is 22.7 Å². The minimum atomic E-state index is -3.87. The van der Waals surface area contributed by atoms with Crippen LogP contribution in [0.3, 0.4) is 0 Å². The van der Waals surface area contributed by atoms with E-state index in [9.17, 15) is 18.0 Å². The molecule has 4 rings (SSSR count). The Morgan fingerprint density at radius 3 is 2.31 bits per heavy atom. The maximum absolute atomic E-state index is 13.1. The molecule has 1 atom stereocenters. The lowest BCUT2D eigenvalue weighted by Gasteiger charge is -2.40. The molecule has 166 valence electrons. The summed E-state index contributed by atoms with van der Waals surface area (Å²) in [5.74, 6) is -1.19. The molecule has 0 radical (unpaired) electrons. The van der Waals surface area contributed by atoms with Crippen molar-refractivity contribution in [1.82, 2.24) is 0 Å². The molecule has 2 aromatic rings. The maximum Gasteiger partial charge on any atom is 0.338 e. The summed E-state index contributed by atoms with van der Waals surface area (Å²) in [6.07, 6.45) is 1.59. The Morgan fingerprint density at radius 2 is 1.72 bits per heavy atom. The van der Waals surface area contributed by atoms with Crippen LogP contribution in [0.1, 0.15) is 30.7 Å². The fraction of sp³-hybridized carbons (Fsp3) is 0.217. The summed E-state index contributed by atoms with van der Waals surface area (Å²) in [6.45, 7) is 0. The number of rotatable bonds is 4. The van der Waals surface area contributed by atoms with Gasteiger partial charge in [0.1, 0.15) is 5.82 Å². The van der Waals surface area contributed by atoms with Crippen LogP contribution in [0.2, 0.25) is 0 Å². The van der Waals surface area contributed by atoms with E-state index >= 15 is 0 Å². The zero-order valence-electron chi connectivity index (χ0n) is 17.4. The van der Waals surface area contributed by atoms with Crippen LogP contribution in [0.25, 0.3) is 0 Å². The van der Waals surface area contributed by atoms with Gasteiger partial charge in [-0.2, -0.15) is 0 Å². The van der Waals surface area contributed by atoms with Crippen molar-refractivity contribution in [2.24, 2.45) is 10.9 Å². The third kappa shape index (κ3) is 3.69. The van der Waals surface area contributed by atoms with Crippen LogP contribution in [-0.4, -0.2) is 27.3 Å². The molecule has 8 nitrogen and oxygen atoms in total. The number of esters is 1. The van der Waals surface area contributed by atoms with E-state index in [1.807, 2.05) is 30.3 Å². The summed E-state index contributed by atoms with van der Waals surface area (Å²) in [6, 6.07) is 15.1. The maximum atomic E-state index is 13.1. The van der Waals surface area contributed by atoms with Gasteiger partial charge >= 0.3 is 5.97 Å². The zero-order chi connectivity index (χ0) is 23.0. The number of ether oxygens (including phenoxy) is 1. The molecule has 0 unspecified atom stereocenters. The summed E-state index contributed by atoms with van der Waals surface area (Å²) in [4.78, 5) is 27.6. The van der Waals surface area contributed by atoms with Crippen molar-refractivity contribution in [3.05, 3.63) is 82.8 Å². The number of carbonyl (C=O) groups excluding carboxylic acids is 2. The van der Waals surface area contributed by atoms with E-state index in [0.29, 0.717) is 36.2 Å². The monoisotopic (exact) mass is 453 g/mol. The number of sulfonamides is 1. The third-order valence-corrected chi connectivity index (χ3v) is 6.68. The first-order valence-electron chi connectivity index (χ1n) is 10.1. The molecule has 0 amide bonds. The Hall–Kier alpha value is -3.43. The Labute approximate surface area is 186 Å². The fourth-order valence-corrected chi connectivity index (χ4v) is 4.87. The van der Waals surface area contributed by atoms with Gasteiger partial charge in [0.05, 0.1) is 23.5 Å². The van der Waals surface area contributed by atoms with Gasteiger partial charge in [0.15, 0.2) is 5.78 Å². The van der Waals surface area contributed by atoms with E-state index in [1.165, 1.54) is 19.2 Å². The predicted molar refractivity (Wildman–Crippen MR) is 119 cm³/mol. The number of carbonyl (C=O) groups is 2. The summed E-state index contributed by atoms with van der Waals surface area (Å²) in [7, 11) is -2.60. The molecule has 0 spiro atoms. The van der Waals surface area contributed by atoms with Gasteiger partial charge in [0, 0.05) is 23.4 Å². The highest BCUT2D eigenvalue weighted by Crippen LogP contribution is 2.46. The number of methoxy groups -OCH3 is 1. The van der Waals surface area contributed by atoms with Gasteiger partial charge in [-0.25, -0.2) is 18.4 Å². The molecule has 2 aromatic carbocycles. The van der Waals surface area contributed by atoms with Crippen molar-refractivity contribution >= 4 is 27.5 Å². The average molecular weight is 454 g/mol. The Balaban J connectivity index is 1.96. The second-order valence-corrected chi connectivity index (χ2v) is 9.21. The summed E-state index contributed by atoms with van der Waals surface area (Å²) < 4.78 is 28.3. The summed E-state index contributed by atoms with van der Waals surface area (Å²) >= 11 is 0. The van der Waals surface area contributed by atoms with Gasteiger partial charge in [-0.05, 0) is 42.7 Å². The number of Topliss-reactive ketones (excluding diaryl/α,β-unsaturated/α-hetero) is 1. The molecule has 4 N–H and O–H groups in total. The minimum Gasteiger partial charge on any atom is -0.466 e. The Kier molecular flexibility index (Phi) is 5.62. The molecule has 0 saturated heterocycles. The Bertz CT molecular complexity index is 1250. The topological polar surface area (TPSA) is 133 Å². The van der Waals surface area contributed by atoms with E-state index in [1.54, 1.807) is 17.0 Å². The van der Waals surface area contributed by atoms with Crippen LogP contribution in [0.4, 0.5) is 5.69 Å². The molecule has 1 aliphatic carbocycles. The molecule has 1 heterocycles. The van der Waals surface area contributed by atoms with Gasteiger partial charge in [-0.1, -0.05) is 30.3 Å². The van der Waals surface area contributed by atoms with E-state index in [2.05, 4.69) is 0 Å². The second-order valence-electron chi connectivity index (χ2n) is 7.65. The van der Waals surface area contributed by atoms with E-state index in [-0.39, 0.29) is 22.1 Å². The lowest BCUT2D eigenvalue weighted by molar-refractivity contribution is -0.136. The molecule has 2 aliphatic rings. The predicted octanol–water partition coefficient (Wildman–Crippen LogP) is 2.29. The summed E-state index contributed by atoms with van der Waals surface area (Å²) in [5, 5.41) is 5.21. The number of ketones is 1. The number of anilines is 1. The van der Waals surface area contributed by atoms with Crippen LogP contribution in [-0.2, 0) is 24.3 Å². The lowest BCUT2D eigenvalue weighted by atomic mass is 9.75. The zero-order valence-corrected chi connectivity index (χ0v) is 18.3. The first-order valence-corrected chi connectivity index (χ1v) is 11.6. The highest BCUT2D eigenvalue weighted by molar-refractivity contribution is 7.89. The first kappa shape index (κ1) is 21.8. The van der Waals surface area contributed by atoms with Gasteiger partial charge in [0.25, 0.3) is 0 Å². The quantitative estimate of drug-likeness (QED) is 0.679. The standard InChI is InChI=1S/C23H23N3O5S/c1-31-23(28)21-19(14-6-3-2-4-7-14)20-17(8-5-9-18(20)27)26(22(21)24)15-10-12-16(13-11-15)32(25,29)30/h2-4,6-7,10-13,19H,5,8-9,24H2,1H3,(H2,25,29,30)/t19-/m1/s1. The lowest BCUT2D eigenvalue weighted by Crippen LogP contribution is -2.40. The molecule has 0 bridgehead atoms. The first-order chi connectivity index (χ1) is 15.2. The number of primary sulfonamides is 1. The number of benzene rings is 2. The van der Waals surface area contributed by atoms with Crippen LogP contribution in [0.5, 0.6) is 0 Å². The minimum absolute atomic E-state index is 0.0508. The van der Waals surface area contributed by atoms with Gasteiger partial charge in [0.2, 0.25) is 10.0 Å². The van der Waals surface area contributed by atoms with Crippen molar-refractivity contribution in [3.8, 4) is 0 Å². The number of hydrogen-bond acceptors (Lipinski definition) is 7. The molecular formula is C23H23N3O5S. The SMILES string of the molecule is COC(=O)C1=C(N)N(c2ccc(S(N)(=O)=O)cc2)C2=C(C(=O)CCC2)[C@H]1c1ccccc1. The number of nitrogens with zero attached hydrogens (tertiary/aromatic N) is 1. The normalized spacial score (nSPS) is 19.1. The number of hydrogen-bond donors (Lipinski definition) is 2. The average Bonchev–Trinajstić information content (AvgIpc) is 2.78. The highest BCUT2D eigenvalue weighted by Gasteiger charge is 2.42. The molecule has 1 aliphatic heterocycles. The largest absolute Gasteiger partial charge is 0.466 e. The third-order valence-electron chi connectivity index (χ3n) is 5.75. The van der Waals surface area contributed by atoms with E-state index in [0.717, 1.165) is 5.56 Å². The number of allylic oxidation sites excluding steroid dienone is 2. The molecule has 9 heteroatoms. The van der Waals surface area contributed by atoms with Gasteiger partial charge in [-0.3, -0.25) is 9.69 Å². The fourth-order valence-electron chi connectivity index (χ4n) is 4.36. The van der Waals surface area contributed by atoms with Crippen molar-refractivity contribution in [1.29, 1.82) is 0 Å². The highest BCUT2D eigenvalue weighted by atomic mass is 32.2.